The van der Waals surface area contributed by atoms with Gasteiger partial charge in [-0.25, -0.2) is 4.79 Å². The Morgan fingerprint density at radius 3 is 1.70 bits per heavy atom. The van der Waals surface area contributed by atoms with Gasteiger partial charge in [0.05, 0.1) is 11.8 Å². The molecule has 20 heavy (non-hydrogen) atoms. The lowest BCUT2D eigenvalue weighted by Crippen LogP contribution is -2.48. The number of allylic oxidation sites excluding steroid dienone is 1. The molecule has 0 saturated carbocycles. The van der Waals surface area contributed by atoms with Gasteiger partial charge in [0.1, 0.15) is 0 Å². The SMILES string of the molecule is CC(=CC(C(C)C(F)(F)F)C(F)(F)C(F)(F)F)C(=O)O. The molecule has 2 nitrogen and oxygen atoms in total. The van der Waals surface area contributed by atoms with E-state index < -0.39 is 41.7 Å². The van der Waals surface area contributed by atoms with Crippen LogP contribution in [0.4, 0.5) is 35.1 Å². The Labute approximate surface area is 108 Å². The Hall–Kier alpha value is -1.35. The Morgan fingerprint density at radius 1 is 1.05 bits per heavy atom. The summed E-state index contributed by atoms with van der Waals surface area (Å²) in [6.07, 6.45) is -11.8. The monoisotopic (exact) mass is 314 g/mol. The molecule has 0 aromatic carbocycles. The van der Waals surface area contributed by atoms with E-state index in [1.165, 1.54) is 0 Å². The highest BCUT2D eigenvalue weighted by Gasteiger charge is 2.65. The third-order valence-electron chi connectivity index (χ3n) is 2.62. The van der Waals surface area contributed by atoms with E-state index in [9.17, 15) is 39.9 Å². The molecule has 0 rings (SSSR count). The van der Waals surface area contributed by atoms with E-state index in [2.05, 4.69) is 0 Å². The minimum Gasteiger partial charge on any atom is -0.478 e. The summed E-state index contributed by atoms with van der Waals surface area (Å²) in [5.74, 6) is -14.0. The van der Waals surface area contributed by atoms with Gasteiger partial charge in [-0.05, 0) is 6.92 Å². The molecule has 0 aromatic heterocycles. The molecule has 10 heteroatoms. The second-order valence-electron chi connectivity index (χ2n) is 4.13. The third kappa shape index (κ3) is 4.07. The highest BCUT2D eigenvalue weighted by atomic mass is 19.4. The third-order valence-corrected chi connectivity index (χ3v) is 2.62. The van der Waals surface area contributed by atoms with Gasteiger partial charge < -0.3 is 5.11 Å². The number of rotatable bonds is 4. The Morgan fingerprint density at radius 2 is 1.45 bits per heavy atom. The van der Waals surface area contributed by atoms with Crippen LogP contribution in [0.25, 0.3) is 0 Å². The zero-order valence-electron chi connectivity index (χ0n) is 10.1. The molecule has 0 fully saturated rings. The zero-order valence-corrected chi connectivity index (χ0v) is 10.1. The van der Waals surface area contributed by atoms with Crippen LogP contribution in [0.1, 0.15) is 13.8 Å². The summed E-state index contributed by atoms with van der Waals surface area (Å²) in [5, 5.41) is 8.41. The summed E-state index contributed by atoms with van der Waals surface area (Å²) in [5.41, 5.74) is -1.03. The van der Waals surface area contributed by atoms with Crippen molar-refractivity contribution in [1.82, 2.24) is 0 Å². The first-order chi connectivity index (χ1) is 8.62. The highest BCUT2D eigenvalue weighted by molar-refractivity contribution is 5.85. The van der Waals surface area contributed by atoms with Crippen LogP contribution in [0.2, 0.25) is 0 Å². The fourth-order valence-corrected chi connectivity index (χ4v) is 1.30. The zero-order chi connectivity index (χ0) is 16.5. The molecule has 0 aliphatic carbocycles. The molecule has 0 aliphatic rings. The Balaban J connectivity index is 5.86. The van der Waals surface area contributed by atoms with Crippen LogP contribution >= 0.6 is 0 Å². The number of hydrogen-bond donors (Lipinski definition) is 1. The van der Waals surface area contributed by atoms with E-state index in [4.69, 9.17) is 5.11 Å². The van der Waals surface area contributed by atoms with Crippen molar-refractivity contribution < 1.29 is 45.0 Å². The number of alkyl halides is 8. The van der Waals surface area contributed by atoms with Gasteiger partial charge >= 0.3 is 24.2 Å². The van der Waals surface area contributed by atoms with Gasteiger partial charge in [-0.2, -0.15) is 35.1 Å². The summed E-state index contributed by atoms with van der Waals surface area (Å²) in [4.78, 5) is 10.4. The number of carboxylic acid groups (broad SMARTS) is 1. The van der Waals surface area contributed by atoms with E-state index in [1.54, 1.807) is 0 Å². The first kappa shape index (κ1) is 18.7. The lowest BCUT2D eigenvalue weighted by molar-refractivity contribution is -0.315. The normalized spacial score (nSPS) is 17.8. The quantitative estimate of drug-likeness (QED) is 0.628. The lowest BCUT2D eigenvalue weighted by Gasteiger charge is -2.32. The molecule has 118 valence electrons. The highest BCUT2D eigenvalue weighted by Crippen LogP contribution is 2.48. The smallest absolute Gasteiger partial charge is 0.453 e. The molecule has 0 radical (unpaired) electrons. The average Bonchev–Trinajstić information content (AvgIpc) is 2.20. The Kier molecular flexibility index (Phi) is 5.19. The molecule has 2 unspecified atom stereocenters. The minimum atomic E-state index is -6.23. The van der Waals surface area contributed by atoms with Crippen LogP contribution in [0.3, 0.4) is 0 Å². The first-order valence-electron chi connectivity index (χ1n) is 5.05. The van der Waals surface area contributed by atoms with Crippen molar-refractivity contribution in [1.29, 1.82) is 0 Å². The molecule has 0 spiro atoms. The maximum Gasteiger partial charge on any atom is 0.453 e. The Bertz CT molecular complexity index is 393. The van der Waals surface area contributed by atoms with E-state index in [0.717, 1.165) is 0 Å². The molecule has 0 aliphatic heterocycles. The van der Waals surface area contributed by atoms with Crippen molar-refractivity contribution >= 4 is 5.97 Å². The summed E-state index contributed by atoms with van der Waals surface area (Å²) < 4.78 is 100. The van der Waals surface area contributed by atoms with Gasteiger partial charge in [0, 0.05) is 5.57 Å². The molecule has 0 bridgehead atoms. The number of hydrogen-bond acceptors (Lipinski definition) is 1. The van der Waals surface area contributed by atoms with Crippen molar-refractivity contribution in [3.63, 3.8) is 0 Å². The second kappa shape index (κ2) is 5.57. The standard InChI is InChI=1S/C10H10F8O2/c1-4(7(19)20)3-6(5(2)9(13,14)15)8(11,12)10(16,17)18/h3,5-6H,1-2H3,(H,19,20). The van der Waals surface area contributed by atoms with Gasteiger partial charge in [-0.3, -0.25) is 0 Å². The predicted molar refractivity (Wildman–Crippen MR) is 51.1 cm³/mol. The van der Waals surface area contributed by atoms with E-state index >= 15 is 0 Å². The second-order valence-corrected chi connectivity index (χ2v) is 4.13. The van der Waals surface area contributed by atoms with Crippen LogP contribution in [-0.4, -0.2) is 29.4 Å². The maximum absolute atomic E-state index is 13.1. The van der Waals surface area contributed by atoms with Crippen LogP contribution in [-0.2, 0) is 4.79 Å². The van der Waals surface area contributed by atoms with Gasteiger partial charge in [-0.15, -0.1) is 0 Å². The van der Waals surface area contributed by atoms with E-state index in [0.29, 0.717) is 6.92 Å². The van der Waals surface area contributed by atoms with Gasteiger partial charge in [0.15, 0.2) is 0 Å². The number of halogens is 8. The molecule has 0 aromatic rings. The average molecular weight is 314 g/mol. The molecule has 0 saturated heterocycles. The molecule has 2 atom stereocenters. The predicted octanol–water partition coefficient (Wildman–Crippen LogP) is 4.03. The molecule has 0 amide bonds. The van der Waals surface area contributed by atoms with Crippen molar-refractivity contribution in [2.75, 3.05) is 0 Å². The van der Waals surface area contributed by atoms with Crippen molar-refractivity contribution in [2.45, 2.75) is 32.1 Å². The van der Waals surface area contributed by atoms with Crippen LogP contribution in [0, 0.1) is 11.8 Å². The van der Waals surface area contributed by atoms with Crippen LogP contribution in [0.5, 0.6) is 0 Å². The topological polar surface area (TPSA) is 37.3 Å². The van der Waals surface area contributed by atoms with Gasteiger partial charge in [0.25, 0.3) is 0 Å². The minimum absolute atomic E-state index is 0.135. The molecular formula is C10H10F8O2. The summed E-state index contributed by atoms with van der Waals surface area (Å²) in [6, 6.07) is 0. The fraction of sp³-hybridized carbons (Fsp3) is 0.700. The van der Waals surface area contributed by atoms with E-state index in [-0.39, 0.29) is 13.0 Å². The van der Waals surface area contributed by atoms with Crippen molar-refractivity contribution in [3.8, 4) is 0 Å². The summed E-state index contributed by atoms with van der Waals surface area (Å²) >= 11 is 0. The van der Waals surface area contributed by atoms with Crippen molar-refractivity contribution in [2.24, 2.45) is 11.8 Å². The van der Waals surface area contributed by atoms with Crippen LogP contribution < -0.4 is 0 Å². The molecule has 0 heterocycles. The number of aliphatic carboxylic acids is 1. The van der Waals surface area contributed by atoms with E-state index in [1.807, 2.05) is 0 Å². The van der Waals surface area contributed by atoms with Crippen LogP contribution in [0.15, 0.2) is 11.6 Å². The number of carboxylic acids is 1. The van der Waals surface area contributed by atoms with Gasteiger partial charge in [-0.1, -0.05) is 13.0 Å². The molecular weight excluding hydrogens is 304 g/mol. The largest absolute Gasteiger partial charge is 0.478 e. The van der Waals surface area contributed by atoms with Crippen molar-refractivity contribution in [3.05, 3.63) is 11.6 Å². The lowest BCUT2D eigenvalue weighted by atomic mass is 9.85. The summed E-state index contributed by atoms with van der Waals surface area (Å²) in [7, 11) is 0. The fourth-order valence-electron chi connectivity index (χ4n) is 1.30. The maximum atomic E-state index is 13.1. The van der Waals surface area contributed by atoms with Gasteiger partial charge in [0.2, 0.25) is 0 Å². The summed E-state index contributed by atoms with van der Waals surface area (Å²) in [6.45, 7) is 0.765. The first-order valence-corrected chi connectivity index (χ1v) is 5.05. The molecule has 1 N–H and O–H groups in total. The number of carbonyl (C=O) groups is 1.